The van der Waals surface area contributed by atoms with Crippen molar-refractivity contribution in [1.29, 1.82) is 0 Å². The average Bonchev–Trinajstić information content (AvgIpc) is 3.38. The number of unbranched alkanes of at least 4 members (excludes halogenated alkanes) is 2. The van der Waals surface area contributed by atoms with E-state index < -0.39 is 5.60 Å². The zero-order chi connectivity index (χ0) is 26.3. The molecule has 0 spiro atoms. The van der Waals surface area contributed by atoms with Crippen molar-refractivity contribution in [3.63, 3.8) is 0 Å². The fourth-order valence-corrected chi connectivity index (χ4v) is 5.37. The Kier molecular flexibility index (Phi) is 12.3. The molecule has 0 N–H and O–H groups in total. The fourth-order valence-electron chi connectivity index (χ4n) is 5.37. The smallest absolute Gasteiger partial charge is 0.307 e. The molecule has 2 aromatic carbocycles. The van der Waals surface area contributed by atoms with Gasteiger partial charge in [-0.15, -0.1) is 0 Å². The van der Waals surface area contributed by atoms with Gasteiger partial charge in [-0.05, 0) is 19.3 Å². The van der Waals surface area contributed by atoms with Gasteiger partial charge in [-0.2, -0.15) is 0 Å². The number of hydrogen-bond acceptors (Lipinski definition) is 4. The van der Waals surface area contributed by atoms with Gasteiger partial charge in [-0.25, -0.2) is 0 Å². The molecule has 2 aliphatic rings. The Morgan fingerprint density at radius 2 is 1.51 bits per heavy atom. The summed E-state index contributed by atoms with van der Waals surface area (Å²) in [6, 6.07) is 18.3. The molecule has 2 aromatic rings. The van der Waals surface area contributed by atoms with E-state index in [1.165, 1.54) is 58.2 Å². The molecule has 202 valence electrons. The maximum atomic E-state index is 12.3. The SMILES string of the molecule is CCCCCC(=O)OC(C=O)(c1ccccc1)c1ccccc1.COC1CCCCC([O+]2CCCC2)C1. The second-order valence-corrected chi connectivity index (χ2v) is 10.2. The van der Waals surface area contributed by atoms with Crippen molar-refractivity contribution < 1.29 is 23.4 Å². The van der Waals surface area contributed by atoms with Crippen LogP contribution in [0.25, 0.3) is 0 Å². The van der Waals surface area contributed by atoms with Gasteiger partial charge in [-0.3, -0.25) is 9.59 Å². The van der Waals surface area contributed by atoms with Gasteiger partial charge in [0.2, 0.25) is 5.60 Å². The molecule has 0 radical (unpaired) electrons. The van der Waals surface area contributed by atoms with Gasteiger partial charge in [-0.1, -0.05) is 86.8 Å². The number of aldehydes is 1. The van der Waals surface area contributed by atoms with Crippen LogP contribution in [0.15, 0.2) is 60.7 Å². The number of hydrogen-bond donors (Lipinski definition) is 0. The van der Waals surface area contributed by atoms with E-state index in [0.29, 0.717) is 23.7 Å². The van der Waals surface area contributed by atoms with E-state index in [4.69, 9.17) is 9.47 Å². The van der Waals surface area contributed by atoms with Crippen LogP contribution in [-0.4, -0.2) is 44.8 Å². The van der Waals surface area contributed by atoms with Crippen LogP contribution in [0.5, 0.6) is 0 Å². The lowest BCUT2D eigenvalue weighted by atomic mass is 9.87. The van der Waals surface area contributed by atoms with E-state index in [-0.39, 0.29) is 5.97 Å². The van der Waals surface area contributed by atoms with Gasteiger partial charge in [0.05, 0.1) is 6.10 Å². The maximum Gasteiger partial charge on any atom is 0.307 e. The first kappa shape index (κ1) is 29.1. The van der Waals surface area contributed by atoms with Gasteiger partial charge >= 0.3 is 5.97 Å². The first-order valence-electron chi connectivity index (χ1n) is 14.1. The van der Waals surface area contributed by atoms with E-state index in [1.807, 2.05) is 43.5 Å². The van der Waals surface area contributed by atoms with Crippen molar-refractivity contribution in [2.24, 2.45) is 0 Å². The summed E-state index contributed by atoms with van der Waals surface area (Å²) in [5.74, 6) is -0.349. The lowest BCUT2D eigenvalue weighted by molar-refractivity contribution is -0.175. The van der Waals surface area contributed by atoms with E-state index >= 15 is 0 Å². The van der Waals surface area contributed by atoms with Crippen LogP contribution < -0.4 is 0 Å². The molecule has 5 heteroatoms. The van der Waals surface area contributed by atoms with Gasteiger partial charge < -0.3 is 13.8 Å². The summed E-state index contributed by atoms with van der Waals surface area (Å²) >= 11 is 0. The molecule has 0 aromatic heterocycles. The summed E-state index contributed by atoms with van der Waals surface area (Å²) in [6.07, 6.45) is 14.4. The van der Waals surface area contributed by atoms with E-state index in [1.54, 1.807) is 24.3 Å². The minimum Gasteiger partial charge on any atom is -0.441 e. The first-order valence-corrected chi connectivity index (χ1v) is 14.1. The third-order valence-corrected chi connectivity index (χ3v) is 7.53. The number of rotatable bonds is 10. The molecule has 1 saturated heterocycles. The standard InChI is InChI=1S/C20H22O3.C12H23O2/c1-2-3-6-15-19(22)23-20(16-21,17-11-7-4-8-12-17)18-13-9-5-10-14-18;1-13-11-6-2-3-7-12(10-11)14-8-4-5-9-14/h4-5,7-14,16H,2-3,6,15H2,1H3;11-12H,2-10H2,1H3/q;+1. The molecule has 1 aliphatic heterocycles. The third kappa shape index (κ3) is 8.51. The Labute approximate surface area is 223 Å². The second kappa shape index (κ2) is 15.7. The lowest BCUT2D eigenvalue weighted by Gasteiger charge is -2.29. The normalized spacial score (nSPS) is 20.4. The van der Waals surface area contributed by atoms with Crippen LogP contribution in [0.3, 0.4) is 0 Å². The highest BCUT2D eigenvalue weighted by Crippen LogP contribution is 2.33. The topological polar surface area (TPSA) is 55.3 Å². The Hall–Kier alpha value is -2.50. The quantitative estimate of drug-likeness (QED) is 0.115. The van der Waals surface area contributed by atoms with E-state index in [9.17, 15) is 9.59 Å². The molecule has 37 heavy (non-hydrogen) atoms. The van der Waals surface area contributed by atoms with Crippen molar-refractivity contribution in [1.82, 2.24) is 0 Å². The van der Waals surface area contributed by atoms with Gasteiger partial charge in [0, 0.05) is 50.3 Å². The van der Waals surface area contributed by atoms with Crippen molar-refractivity contribution >= 4 is 12.3 Å². The Morgan fingerprint density at radius 3 is 2.05 bits per heavy atom. The van der Waals surface area contributed by atoms with E-state index in [0.717, 1.165) is 31.7 Å². The Balaban J connectivity index is 0.000000231. The second-order valence-electron chi connectivity index (χ2n) is 10.2. The molecule has 5 nitrogen and oxygen atoms in total. The van der Waals surface area contributed by atoms with Crippen LogP contribution in [0, 0.1) is 0 Å². The molecule has 2 atom stereocenters. The van der Waals surface area contributed by atoms with Crippen LogP contribution in [-0.2, 0) is 29.0 Å². The summed E-state index contributed by atoms with van der Waals surface area (Å²) in [6.45, 7) is 4.58. The van der Waals surface area contributed by atoms with Gasteiger partial charge in [0.15, 0.2) is 12.4 Å². The number of esters is 1. The van der Waals surface area contributed by atoms with E-state index in [2.05, 4.69) is 11.3 Å². The predicted octanol–water partition coefficient (Wildman–Crippen LogP) is 6.93. The molecule has 0 bridgehead atoms. The summed E-state index contributed by atoms with van der Waals surface area (Å²) in [5, 5.41) is 0. The van der Waals surface area contributed by atoms with Crippen molar-refractivity contribution in [3.8, 4) is 0 Å². The maximum absolute atomic E-state index is 12.3. The number of carbonyl (C=O) groups is 2. The van der Waals surface area contributed by atoms with Crippen LogP contribution >= 0.6 is 0 Å². The monoisotopic (exact) mass is 509 g/mol. The number of ether oxygens (including phenoxy) is 2. The van der Waals surface area contributed by atoms with Crippen LogP contribution in [0.4, 0.5) is 0 Å². The minimum atomic E-state index is -1.38. The largest absolute Gasteiger partial charge is 0.441 e. The average molecular weight is 510 g/mol. The molecule has 2 fully saturated rings. The van der Waals surface area contributed by atoms with Crippen molar-refractivity contribution in [2.75, 3.05) is 20.3 Å². The summed E-state index contributed by atoms with van der Waals surface area (Å²) in [5.41, 5.74) is -0.0682. The van der Waals surface area contributed by atoms with Crippen LogP contribution in [0.1, 0.15) is 88.7 Å². The minimum absolute atomic E-state index is 0.323. The molecule has 1 saturated carbocycles. The molecule has 1 aliphatic carbocycles. The zero-order valence-electron chi connectivity index (χ0n) is 22.7. The van der Waals surface area contributed by atoms with Crippen molar-refractivity contribution in [2.45, 2.75) is 95.4 Å². The van der Waals surface area contributed by atoms with Gasteiger partial charge in [0.25, 0.3) is 0 Å². The summed E-state index contributed by atoms with van der Waals surface area (Å²) < 4.78 is 14.7. The highest BCUT2D eigenvalue weighted by atomic mass is 16.7. The summed E-state index contributed by atoms with van der Waals surface area (Å²) in [4.78, 5) is 24.3. The number of methoxy groups -OCH3 is 1. The Morgan fingerprint density at radius 1 is 0.919 bits per heavy atom. The lowest BCUT2D eigenvalue weighted by Crippen LogP contribution is -2.35. The Bertz CT molecular complexity index is 868. The highest BCUT2D eigenvalue weighted by Gasteiger charge is 2.38. The molecular weight excluding hydrogens is 464 g/mol. The molecule has 4 rings (SSSR count). The van der Waals surface area contributed by atoms with Gasteiger partial charge in [0.1, 0.15) is 13.2 Å². The zero-order valence-corrected chi connectivity index (χ0v) is 22.7. The molecule has 1 heterocycles. The molecule has 2 unspecified atom stereocenters. The van der Waals surface area contributed by atoms with Crippen molar-refractivity contribution in [3.05, 3.63) is 71.8 Å². The molecular formula is C32H45O5+. The van der Waals surface area contributed by atoms with Crippen LogP contribution in [0.2, 0.25) is 0 Å². The third-order valence-electron chi connectivity index (χ3n) is 7.53. The predicted molar refractivity (Wildman–Crippen MR) is 148 cm³/mol. The first-order chi connectivity index (χ1) is 18.1. The number of benzene rings is 2. The number of carbonyl (C=O) groups excluding carboxylic acids is 2. The summed E-state index contributed by atoms with van der Waals surface area (Å²) in [7, 11) is 1.86. The molecule has 0 amide bonds. The highest BCUT2D eigenvalue weighted by molar-refractivity contribution is 5.79. The fraction of sp³-hybridized carbons (Fsp3) is 0.562.